The first-order chi connectivity index (χ1) is 9.88. The van der Waals surface area contributed by atoms with Crippen LogP contribution in [0.4, 0.5) is 4.39 Å². The van der Waals surface area contributed by atoms with Gasteiger partial charge in [-0.3, -0.25) is 0 Å². The van der Waals surface area contributed by atoms with E-state index in [-0.39, 0.29) is 42.7 Å². The minimum Gasteiger partial charge on any atom is -0.227 e. The van der Waals surface area contributed by atoms with E-state index in [1.165, 1.54) is 12.3 Å². The molecule has 0 N–H and O–H groups in total. The third-order valence-electron chi connectivity index (χ3n) is 2.66. The van der Waals surface area contributed by atoms with Gasteiger partial charge in [0.25, 0.3) is 0 Å². The van der Waals surface area contributed by atoms with E-state index in [1.807, 2.05) is 6.07 Å². The molecule has 1 heterocycles. The monoisotopic (exact) mass is 382 g/mol. The topological polar surface area (TPSA) is 36.7 Å². The van der Waals surface area contributed by atoms with Crippen molar-refractivity contribution in [1.29, 1.82) is 5.26 Å². The van der Waals surface area contributed by atoms with Gasteiger partial charge in [-0.05, 0) is 11.6 Å². The molecule has 0 bridgehead atoms. The Morgan fingerprint density at radius 3 is 2.05 bits per heavy atom. The number of benzene rings is 1. The minimum absolute atomic E-state index is 0.00165. The highest BCUT2D eigenvalue weighted by Crippen LogP contribution is 2.48. The number of pyridine rings is 1. The average molecular weight is 384 g/mol. The molecule has 1 aromatic carbocycles. The SMILES string of the molecule is N#CCc1cnc(F)c(-c2c(Cl)c(Cl)c(Cl)c(Cl)c2Cl)c1. The largest absolute Gasteiger partial charge is 0.227 e. The predicted octanol–water partition coefficient (Wildman–Crippen LogP) is 6.22. The lowest BCUT2D eigenvalue weighted by molar-refractivity contribution is 0.586. The third-order valence-corrected chi connectivity index (χ3v) is 4.93. The molecule has 8 heteroatoms. The van der Waals surface area contributed by atoms with Crippen molar-refractivity contribution in [3.8, 4) is 17.2 Å². The molecule has 0 saturated heterocycles. The molecule has 1 aromatic heterocycles. The maximum Gasteiger partial charge on any atom is 0.220 e. The number of nitrogens with zero attached hydrogens (tertiary/aromatic N) is 2. The van der Waals surface area contributed by atoms with E-state index in [1.54, 1.807) is 0 Å². The van der Waals surface area contributed by atoms with Crippen molar-refractivity contribution in [1.82, 2.24) is 4.98 Å². The summed E-state index contributed by atoms with van der Waals surface area (Å²) in [7, 11) is 0. The second kappa shape index (κ2) is 6.56. The molecule has 0 unspecified atom stereocenters. The van der Waals surface area contributed by atoms with Gasteiger partial charge in [0.05, 0.1) is 37.6 Å². The van der Waals surface area contributed by atoms with Gasteiger partial charge in [0.1, 0.15) is 0 Å². The molecular weight excluding hydrogens is 380 g/mol. The summed E-state index contributed by atoms with van der Waals surface area (Å²) in [5.74, 6) is -0.810. The second-order valence-electron chi connectivity index (χ2n) is 3.96. The van der Waals surface area contributed by atoms with Crippen LogP contribution in [0, 0.1) is 17.3 Å². The van der Waals surface area contributed by atoms with E-state index in [9.17, 15) is 4.39 Å². The van der Waals surface area contributed by atoms with Crippen LogP contribution in [0.5, 0.6) is 0 Å². The minimum atomic E-state index is -0.810. The Balaban J connectivity index is 2.79. The van der Waals surface area contributed by atoms with E-state index in [4.69, 9.17) is 63.3 Å². The molecule has 2 rings (SSSR count). The van der Waals surface area contributed by atoms with Crippen LogP contribution in [0.1, 0.15) is 5.56 Å². The Morgan fingerprint density at radius 2 is 1.52 bits per heavy atom. The van der Waals surface area contributed by atoms with Gasteiger partial charge in [0, 0.05) is 17.3 Å². The van der Waals surface area contributed by atoms with Gasteiger partial charge in [-0.25, -0.2) is 4.98 Å². The van der Waals surface area contributed by atoms with Crippen molar-refractivity contribution in [3.63, 3.8) is 0 Å². The van der Waals surface area contributed by atoms with Gasteiger partial charge in [0.2, 0.25) is 5.95 Å². The molecule has 0 atom stereocenters. The number of nitriles is 1. The second-order valence-corrected chi connectivity index (χ2v) is 5.85. The fourth-order valence-electron chi connectivity index (χ4n) is 1.70. The zero-order valence-electron chi connectivity index (χ0n) is 10.0. The summed E-state index contributed by atoms with van der Waals surface area (Å²) >= 11 is 30.0. The maximum absolute atomic E-state index is 14.0. The molecule has 108 valence electrons. The molecule has 0 saturated carbocycles. The Hall–Kier alpha value is -0.760. The number of aromatic nitrogens is 1. The van der Waals surface area contributed by atoms with Gasteiger partial charge < -0.3 is 0 Å². The first-order valence-corrected chi connectivity index (χ1v) is 7.30. The van der Waals surface area contributed by atoms with Gasteiger partial charge in [-0.2, -0.15) is 9.65 Å². The summed E-state index contributed by atoms with van der Waals surface area (Å²) < 4.78 is 14.0. The van der Waals surface area contributed by atoms with E-state index >= 15 is 0 Å². The van der Waals surface area contributed by atoms with Crippen LogP contribution in [0.3, 0.4) is 0 Å². The van der Waals surface area contributed by atoms with Crippen molar-refractivity contribution in [2.24, 2.45) is 0 Å². The lowest BCUT2D eigenvalue weighted by Crippen LogP contribution is -1.95. The molecule has 0 fully saturated rings. The molecule has 2 aromatic rings. The fourth-order valence-corrected chi connectivity index (χ4v) is 3.04. The Kier molecular flexibility index (Phi) is 5.19. The summed E-state index contributed by atoms with van der Waals surface area (Å²) in [6.45, 7) is 0. The van der Waals surface area contributed by atoms with Crippen LogP contribution in [-0.4, -0.2) is 4.98 Å². The highest BCUT2D eigenvalue weighted by Gasteiger charge is 2.23. The Bertz CT molecular complexity index is 741. The molecule has 21 heavy (non-hydrogen) atoms. The van der Waals surface area contributed by atoms with Gasteiger partial charge >= 0.3 is 0 Å². The zero-order chi connectivity index (χ0) is 15.7. The van der Waals surface area contributed by atoms with Crippen LogP contribution in [0.25, 0.3) is 11.1 Å². The van der Waals surface area contributed by atoms with Gasteiger partial charge in [-0.1, -0.05) is 58.0 Å². The van der Waals surface area contributed by atoms with Crippen LogP contribution >= 0.6 is 58.0 Å². The summed E-state index contributed by atoms with van der Waals surface area (Å²) in [5.41, 5.74) is 0.587. The normalized spacial score (nSPS) is 10.5. The molecule has 0 spiro atoms. The first kappa shape index (κ1) is 16.6. The van der Waals surface area contributed by atoms with Crippen LogP contribution < -0.4 is 0 Å². The van der Waals surface area contributed by atoms with Crippen molar-refractivity contribution in [2.45, 2.75) is 6.42 Å². The lowest BCUT2D eigenvalue weighted by atomic mass is 10.0. The summed E-state index contributed by atoms with van der Waals surface area (Å²) in [6.07, 6.45) is 1.31. The Labute approximate surface area is 145 Å². The highest BCUT2D eigenvalue weighted by molar-refractivity contribution is 6.56. The lowest BCUT2D eigenvalue weighted by Gasteiger charge is -2.13. The number of hydrogen-bond donors (Lipinski definition) is 0. The molecule has 0 aliphatic rings. The average Bonchev–Trinajstić information content (AvgIpc) is 2.47. The van der Waals surface area contributed by atoms with Gasteiger partial charge in [0.15, 0.2) is 0 Å². The van der Waals surface area contributed by atoms with Crippen molar-refractivity contribution in [2.75, 3.05) is 0 Å². The van der Waals surface area contributed by atoms with Crippen LogP contribution in [0.15, 0.2) is 12.3 Å². The third kappa shape index (κ3) is 3.06. The standard InChI is InChI=1S/C13H4Cl5FN2/c14-8-7(9(15)11(17)12(18)10(8)16)6-3-5(1-2-20)4-21-13(6)19/h3-4H,1H2. The van der Waals surface area contributed by atoms with Crippen LogP contribution in [-0.2, 0) is 6.42 Å². The quantitative estimate of drug-likeness (QED) is 0.350. The van der Waals surface area contributed by atoms with E-state index in [0.29, 0.717) is 5.56 Å². The van der Waals surface area contributed by atoms with Crippen LogP contribution in [0.2, 0.25) is 25.1 Å². The molecule has 0 aliphatic carbocycles. The van der Waals surface area contributed by atoms with E-state index < -0.39 is 5.95 Å². The van der Waals surface area contributed by atoms with E-state index in [0.717, 1.165) is 0 Å². The molecule has 0 radical (unpaired) electrons. The summed E-state index contributed by atoms with van der Waals surface area (Å²) in [6, 6.07) is 3.36. The molecule has 0 amide bonds. The van der Waals surface area contributed by atoms with Crippen molar-refractivity contribution in [3.05, 3.63) is 48.9 Å². The predicted molar refractivity (Wildman–Crippen MR) is 84.0 cm³/mol. The Morgan fingerprint density at radius 1 is 1.00 bits per heavy atom. The van der Waals surface area contributed by atoms with Gasteiger partial charge in [-0.15, -0.1) is 0 Å². The van der Waals surface area contributed by atoms with Crippen molar-refractivity contribution < 1.29 is 4.39 Å². The zero-order valence-corrected chi connectivity index (χ0v) is 13.8. The number of halogens is 6. The smallest absolute Gasteiger partial charge is 0.220 e. The number of hydrogen-bond acceptors (Lipinski definition) is 2. The molecular formula is C13H4Cl5FN2. The molecule has 0 aliphatic heterocycles. The van der Waals surface area contributed by atoms with E-state index in [2.05, 4.69) is 4.98 Å². The highest BCUT2D eigenvalue weighted by atomic mass is 35.5. The maximum atomic E-state index is 14.0. The summed E-state index contributed by atoms with van der Waals surface area (Å²) in [5, 5.41) is 8.54. The fraction of sp³-hybridized carbons (Fsp3) is 0.0769. The molecule has 2 nitrogen and oxygen atoms in total. The first-order valence-electron chi connectivity index (χ1n) is 5.41. The van der Waals surface area contributed by atoms with Crippen molar-refractivity contribution >= 4 is 58.0 Å². The summed E-state index contributed by atoms with van der Waals surface area (Å²) in [4.78, 5) is 3.58. The number of rotatable bonds is 2.